The highest BCUT2D eigenvalue weighted by Gasteiger charge is 2.31. The summed E-state index contributed by atoms with van der Waals surface area (Å²) in [5, 5.41) is 4.03. The number of ether oxygens (including phenoxy) is 1. The molecular formula is C24H22N2O5S2. The fourth-order valence-electron chi connectivity index (χ4n) is 3.35. The summed E-state index contributed by atoms with van der Waals surface area (Å²) in [5.41, 5.74) is 2.13. The van der Waals surface area contributed by atoms with Crippen LogP contribution in [0, 0.1) is 13.8 Å². The number of aromatic nitrogens is 2. The van der Waals surface area contributed by atoms with Gasteiger partial charge in [0, 0.05) is 5.56 Å². The van der Waals surface area contributed by atoms with Gasteiger partial charge < -0.3 is 4.74 Å². The van der Waals surface area contributed by atoms with E-state index < -0.39 is 19.9 Å². The molecule has 1 aromatic heterocycles. The van der Waals surface area contributed by atoms with Crippen LogP contribution in [-0.4, -0.2) is 33.1 Å². The van der Waals surface area contributed by atoms with Crippen molar-refractivity contribution in [2.24, 2.45) is 0 Å². The maximum atomic E-state index is 13.5. The zero-order valence-electron chi connectivity index (χ0n) is 18.3. The quantitative estimate of drug-likeness (QED) is 0.408. The molecule has 4 rings (SSSR count). The minimum absolute atomic E-state index is 0.00486. The van der Waals surface area contributed by atoms with Gasteiger partial charge in [-0.05, 0) is 62.4 Å². The van der Waals surface area contributed by atoms with Crippen LogP contribution in [0.4, 0.5) is 0 Å². The van der Waals surface area contributed by atoms with Crippen molar-refractivity contribution in [1.29, 1.82) is 0 Å². The molecule has 0 atom stereocenters. The number of rotatable bonds is 6. The summed E-state index contributed by atoms with van der Waals surface area (Å²) in [6, 6.07) is 19.1. The summed E-state index contributed by atoms with van der Waals surface area (Å²) in [7, 11) is -6.72. The van der Waals surface area contributed by atoms with Crippen molar-refractivity contribution in [2.45, 2.75) is 28.5 Å². The molecule has 0 bridgehead atoms. The van der Waals surface area contributed by atoms with Crippen LogP contribution >= 0.6 is 0 Å². The van der Waals surface area contributed by atoms with Crippen LogP contribution in [-0.2, 0) is 19.9 Å². The number of aryl methyl sites for hydroxylation is 2. The Morgan fingerprint density at radius 3 is 1.76 bits per heavy atom. The minimum Gasteiger partial charge on any atom is -0.497 e. The van der Waals surface area contributed by atoms with Gasteiger partial charge in [-0.25, -0.2) is 8.42 Å². The van der Waals surface area contributed by atoms with Gasteiger partial charge in [-0.15, -0.1) is 0 Å². The van der Waals surface area contributed by atoms with Gasteiger partial charge in [0.1, 0.15) is 16.3 Å². The lowest BCUT2D eigenvalue weighted by Gasteiger charge is -2.12. The van der Waals surface area contributed by atoms with Crippen LogP contribution in [0.25, 0.3) is 11.3 Å². The van der Waals surface area contributed by atoms with E-state index in [9.17, 15) is 16.8 Å². The molecule has 33 heavy (non-hydrogen) atoms. The molecule has 0 N–H and O–H groups in total. The van der Waals surface area contributed by atoms with E-state index in [-0.39, 0.29) is 20.4 Å². The molecule has 0 unspecified atom stereocenters. The Hall–Kier alpha value is -3.43. The van der Waals surface area contributed by atoms with E-state index in [1.54, 1.807) is 48.5 Å². The third-order valence-corrected chi connectivity index (χ3v) is 8.61. The van der Waals surface area contributed by atoms with Gasteiger partial charge in [-0.2, -0.15) is 17.6 Å². The molecule has 0 radical (unpaired) electrons. The SMILES string of the molecule is COc1ccc(-c2c(S(=O)(=O)c3ccc(C)cc3)cnn2S(=O)(=O)c2ccc(C)cc2)cc1. The van der Waals surface area contributed by atoms with Crippen molar-refractivity contribution in [3.63, 3.8) is 0 Å². The van der Waals surface area contributed by atoms with Crippen LogP contribution in [0.1, 0.15) is 11.1 Å². The predicted octanol–water partition coefficient (Wildman–Crippen LogP) is 4.25. The Balaban J connectivity index is 1.98. The van der Waals surface area contributed by atoms with Crippen molar-refractivity contribution < 1.29 is 21.6 Å². The molecule has 170 valence electrons. The molecule has 0 spiro atoms. The van der Waals surface area contributed by atoms with Crippen LogP contribution in [0.15, 0.2) is 93.7 Å². The molecule has 7 nitrogen and oxygen atoms in total. The molecule has 4 aromatic rings. The lowest BCUT2D eigenvalue weighted by atomic mass is 10.1. The van der Waals surface area contributed by atoms with Gasteiger partial charge in [-0.3, -0.25) is 0 Å². The topological polar surface area (TPSA) is 95.3 Å². The first-order chi connectivity index (χ1) is 15.6. The fraction of sp³-hybridized carbons (Fsp3) is 0.125. The van der Waals surface area contributed by atoms with Gasteiger partial charge >= 0.3 is 0 Å². The van der Waals surface area contributed by atoms with Crippen molar-refractivity contribution in [3.05, 3.63) is 90.1 Å². The van der Waals surface area contributed by atoms with E-state index in [2.05, 4.69) is 5.10 Å². The molecule has 0 aliphatic rings. The monoisotopic (exact) mass is 482 g/mol. The summed E-state index contributed by atoms with van der Waals surface area (Å²) in [5.74, 6) is 0.550. The van der Waals surface area contributed by atoms with Crippen LogP contribution in [0.2, 0.25) is 0 Å². The Kier molecular flexibility index (Phi) is 5.85. The Labute approximate surface area is 193 Å². The lowest BCUT2D eigenvalue weighted by molar-refractivity contribution is 0.415. The second-order valence-corrected chi connectivity index (χ2v) is 11.2. The van der Waals surface area contributed by atoms with Gasteiger partial charge in [0.05, 0.1) is 23.1 Å². The first kappa shape index (κ1) is 22.8. The van der Waals surface area contributed by atoms with E-state index in [0.717, 1.165) is 21.4 Å². The van der Waals surface area contributed by atoms with Gasteiger partial charge in [0.15, 0.2) is 0 Å². The number of sulfone groups is 1. The van der Waals surface area contributed by atoms with E-state index >= 15 is 0 Å². The number of benzene rings is 3. The Bertz CT molecular complexity index is 1410. The molecule has 0 saturated heterocycles. The van der Waals surface area contributed by atoms with Crippen molar-refractivity contribution in [3.8, 4) is 17.0 Å². The largest absolute Gasteiger partial charge is 0.497 e. The molecule has 0 fully saturated rings. The molecule has 0 amide bonds. The number of nitrogens with zero attached hydrogens (tertiary/aromatic N) is 2. The smallest absolute Gasteiger partial charge is 0.283 e. The second-order valence-electron chi connectivity index (χ2n) is 7.56. The van der Waals surface area contributed by atoms with Crippen molar-refractivity contribution in [2.75, 3.05) is 7.11 Å². The number of hydrogen-bond donors (Lipinski definition) is 0. The predicted molar refractivity (Wildman–Crippen MR) is 125 cm³/mol. The average Bonchev–Trinajstić information content (AvgIpc) is 3.27. The first-order valence-electron chi connectivity index (χ1n) is 10.0. The van der Waals surface area contributed by atoms with Gasteiger partial charge in [0.25, 0.3) is 10.0 Å². The standard InChI is InChI=1S/C24H22N2O5S2/c1-17-4-12-21(13-5-17)32(27,28)23-16-25-26(24(23)19-8-10-20(31-3)11-9-19)33(29,30)22-14-6-18(2)7-15-22/h4-16H,1-3H3. The maximum Gasteiger partial charge on any atom is 0.283 e. The summed E-state index contributed by atoms with van der Waals surface area (Å²) >= 11 is 0. The Morgan fingerprint density at radius 2 is 1.24 bits per heavy atom. The van der Waals surface area contributed by atoms with E-state index in [1.807, 2.05) is 13.8 Å². The van der Waals surface area contributed by atoms with Crippen LogP contribution < -0.4 is 4.74 Å². The van der Waals surface area contributed by atoms with Crippen molar-refractivity contribution >= 4 is 19.9 Å². The van der Waals surface area contributed by atoms with E-state index in [0.29, 0.717) is 11.3 Å². The third kappa shape index (κ3) is 4.17. The molecule has 0 aliphatic carbocycles. The third-order valence-electron chi connectivity index (χ3n) is 5.24. The first-order valence-corrected chi connectivity index (χ1v) is 12.9. The summed E-state index contributed by atoms with van der Waals surface area (Å²) < 4.78 is 59.9. The molecule has 1 heterocycles. The maximum absolute atomic E-state index is 13.5. The van der Waals surface area contributed by atoms with E-state index in [1.165, 1.54) is 31.4 Å². The van der Waals surface area contributed by atoms with Crippen LogP contribution in [0.3, 0.4) is 0 Å². The highest BCUT2D eigenvalue weighted by atomic mass is 32.2. The second kappa shape index (κ2) is 8.49. The average molecular weight is 483 g/mol. The summed E-state index contributed by atoms with van der Waals surface area (Å²) in [4.78, 5) is -0.146. The number of hydrogen-bond acceptors (Lipinski definition) is 6. The summed E-state index contributed by atoms with van der Waals surface area (Å²) in [6.07, 6.45) is 1.08. The highest BCUT2D eigenvalue weighted by Crippen LogP contribution is 2.34. The zero-order chi connectivity index (χ0) is 23.8. The molecular weight excluding hydrogens is 460 g/mol. The Morgan fingerprint density at radius 1 is 0.727 bits per heavy atom. The lowest BCUT2D eigenvalue weighted by Crippen LogP contribution is -2.16. The molecule has 0 saturated carbocycles. The highest BCUT2D eigenvalue weighted by molar-refractivity contribution is 7.92. The minimum atomic E-state index is -4.17. The molecule has 0 aliphatic heterocycles. The summed E-state index contributed by atoms with van der Waals surface area (Å²) in [6.45, 7) is 3.70. The van der Waals surface area contributed by atoms with Gasteiger partial charge in [0.2, 0.25) is 9.84 Å². The zero-order valence-corrected chi connectivity index (χ0v) is 19.9. The van der Waals surface area contributed by atoms with E-state index in [4.69, 9.17) is 4.74 Å². The molecule has 9 heteroatoms. The van der Waals surface area contributed by atoms with Crippen molar-refractivity contribution in [1.82, 2.24) is 9.19 Å². The normalized spacial score (nSPS) is 12.0. The fourth-order valence-corrected chi connectivity index (χ4v) is 6.10. The molecule has 3 aromatic carbocycles. The van der Waals surface area contributed by atoms with Crippen LogP contribution in [0.5, 0.6) is 5.75 Å². The number of methoxy groups -OCH3 is 1. The van der Waals surface area contributed by atoms with Gasteiger partial charge in [-0.1, -0.05) is 35.4 Å².